The van der Waals surface area contributed by atoms with Crippen molar-refractivity contribution in [3.8, 4) is 11.8 Å². The molecule has 6 nitrogen and oxygen atoms in total. The molecule has 0 spiro atoms. The molecule has 0 atom stereocenters. The van der Waals surface area contributed by atoms with Crippen LogP contribution in [0.2, 0.25) is 5.02 Å². The van der Waals surface area contributed by atoms with Gasteiger partial charge in [0.1, 0.15) is 12.9 Å². The topological polar surface area (TPSA) is 74.8 Å². The van der Waals surface area contributed by atoms with Crippen molar-refractivity contribution in [2.24, 2.45) is 0 Å². The van der Waals surface area contributed by atoms with Crippen LogP contribution in [-0.2, 0) is 4.79 Å². The van der Waals surface area contributed by atoms with Crippen LogP contribution < -0.4 is 0 Å². The average molecular weight is 362 g/mol. The van der Waals surface area contributed by atoms with E-state index in [0.717, 1.165) is 24.1 Å². The van der Waals surface area contributed by atoms with E-state index in [4.69, 9.17) is 16.9 Å². The Morgan fingerprint density at radius 2 is 2.33 bits per heavy atom. The van der Waals surface area contributed by atoms with Gasteiger partial charge in [-0.15, -0.1) is 10.2 Å². The van der Waals surface area contributed by atoms with Gasteiger partial charge < -0.3 is 4.90 Å². The molecule has 0 aliphatic heterocycles. The lowest BCUT2D eigenvalue weighted by Crippen LogP contribution is -2.34. The molecule has 1 amide bonds. The first-order valence-corrected chi connectivity index (χ1v) is 8.92. The third-order valence-electron chi connectivity index (χ3n) is 3.82. The molecular weight excluding hydrogens is 346 g/mol. The molecule has 0 radical (unpaired) electrons. The second-order valence-corrected chi connectivity index (χ2v) is 6.97. The van der Waals surface area contributed by atoms with Crippen LogP contribution in [0.1, 0.15) is 18.4 Å². The van der Waals surface area contributed by atoms with E-state index in [1.54, 1.807) is 15.8 Å². The molecule has 0 unspecified atom stereocenters. The molecule has 2 aromatic rings. The Kier molecular flexibility index (Phi) is 5.07. The van der Waals surface area contributed by atoms with E-state index < -0.39 is 0 Å². The monoisotopic (exact) mass is 361 g/mol. The predicted octanol–water partition coefficient (Wildman–Crippen LogP) is 2.84. The van der Waals surface area contributed by atoms with E-state index in [0.29, 0.717) is 10.2 Å². The normalized spacial score (nSPS) is 13.5. The Morgan fingerprint density at radius 3 is 3.00 bits per heavy atom. The molecule has 1 aliphatic rings. The van der Waals surface area contributed by atoms with E-state index in [2.05, 4.69) is 16.3 Å². The van der Waals surface area contributed by atoms with Gasteiger partial charge in [0.15, 0.2) is 5.16 Å². The standard InChI is InChI=1S/C16H16ClN5OS/c1-11-2-3-13(8-14(11)17)22-10-19-20-16(22)24-9-15(23)21(7-6-18)12-4-5-12/h2-3,8,10,12H,4-5,7,9H2,1H3. The van der Waals surface area contributed by atoms with E-state index >= 15 is 0 Å². The fourth-order valence-corrected chi connectivity index (χ4v) is 3.31. The van der Waals surface area contributed by atoms with Crippen molar-refractivity contribution >= 4 is 29.3 Å². The first kappa shape index (κ1) is 16.8. The fourth-order valence-electron chi connectivity index (χ4n) is 2.32. The Balaban J connectivity index is 1.70. The van der Waals surface area contributed by atoms with Gasteiger partial charge in [0.25, 0.3) is 0 Å². The number of halogens is 1. The van der Waals surface area contributed by atoms with Gasteiger partial charge in [-0.25, -0.2) is 0 Å². The predicted molar refractivity (Wildman–Crippen MR) is 92.2 cm³/mol. The molecule has 1 heterocycles. The molecule has 1 fully saturated rings. The van der Waals surface area contributed by atoms with E-state index in [-0.39, 0.29) is 24.2 Å². The fraction of sp³-hybridized carbons (Fsp3) is 0.375. The zero-order valence-electron chi connectivity index (χ0n) is 13.1. The number of nitriles is 1. The summed E-state index contributed by atoms with van der Waals surface area (Å²) in [5.41, 5.74) is 1.84. The zero-order valence-corrected chi connectivity index (χ0v) is 14.7. The van der Waals surface area contributed by atoms with Crippen molar-refractivity contribution in [2.45, 2.75) is 31.0 Å². The van der Waals surface area contributed by atoms with Crippen molar-refractivity contribution in [1.82, 2.24) is 19.7 Å². The zero-order chi connectivity index (χ0) is 17.1. The molecule has 1 aliphatic carbocycles. The minimum absolute atomic E-state index is 0.0412. The lowest BCUT2D eigenvalue weighted by Gasteiger charge is -2.18. The highest BCUT2D eigenvalue weighted by atomic mass is 35.5. The number of hydrogen-bond donors (Lipinski definition) is 0. The Morgan fingerprint density at radius 1 is 1.54 bits per heavy atom. The number of aromatic nitrogens is 3. The molecule has 24 heavy (non-hydrogen) atoms. The van der Waals surface area contributed by atoms with Crippen LogP contribution in [0.4, 0.5) is 0 Å². The van der Waals surface area contributed by atoms with Crippen molar-refractivity contribution in [3.63, 3.8) is 0 Å². The number of benzene rings is 1. The summed E-state index contributed by atoms with van der Waals surface area (Å²) in [6.45, 7) is 2.08. The number of carbonyl (C=O) groups is 1. The molecule has 8 heteroatoms. The summed E-state index contributed by atoms with van der Waals surface area (Å²) in [5.74, 6) is 0.191. The minimum atomic E-state index is -0.0412. The van der Waals surface area contributed by atoms with Crippen molar-refractivity contribution in [2.75, 3.05) is 12.3 Å². The van der Waals surface area contributed by atoms with Crippen molar-refractivity contribution < 1.29 is 4.79 Å². The first-order chi connectivity index (χ1) is 11.6. The largest absolute Gasteiger partial charge is 0.326 e. The van der Waals surface area contributed by atoms with Gasteiger partial charge in [0, 0.05) is 11.1 Å². The first-order valence-electron chi connectivity index (χ1n) is 7.56. The lowest BCUT2D eigenvalue weighted by molar-refractivity contribution is -0.128. The SMILES string of the molecule is Cc1ccc(-n2cnnc2SCC(=O)N(CC#N)C2CC2)cc1Cl. The summed E-state index contributed by atoms with van der Waals surface area (Å²) < 4.78 is 1.80. The Hall–Kier alpha value is -2.04. The maximum atomic E-state index is 12.3. The molecule has 0 saturated heterocycles. The average Bonchev–Trinajstić information content (AvgIpc) is 3.30. The second-order valence-electron chi connectivity index (χ2n) is 5.62. The second kappa shape index (κ2) is 7.24. The highest BCUT2D eigenvalue weighted by Gasteiger charge is 2.32. The smallest absolute Gasteiger partial charge is 0.234 e. The molecule has 1 saturated carbocycles. The van der Waals surface area contributed by atoms with Gasteiger partial charge in [-0.05, 0) is 37.5 Å². The van der Waals surface area contributed by atoms with Gasteiger partial charge in [0.2, 0.25) is 5.91 Å². The molecule has 124 valence electrons. The van der Waals surface area contributed by atoms with Crippen LogP contribution in [0.3, 0.4) is 0 Å². The van der Waals surface area contributed by atoms with Crippen LogP contribution in [0, 0.1) is 18.3 Å². The maximum Gasteiger partial charge on any atom is 0.234 e. The van der Waals surface area contributed by atoms with Gasteiger partial charge in [-0.3, -0.25) is 9.36 Å². The number of carbonyl (C=O) groups excluding carboxylic acids is 1. The molecule has 0 bridgehead atoms. The third-order valence-corrected chi connectivity index (χ3v) is 5.16. The number of aryl methyl sites for hydroxylation is 1. The highest BCUT2D eigenvalue weighted by Crippen LogP contribution is 2.28. The van der Waals surface area contributed by atoms with E-state index in [1.165, 1.54) is 11.8 Å². The summed E-state index contributed by atoms with van der Waals surface area (Å²) in [4.78, 5) is 14.0. The van der Waals surface area contributed by atoms with Crippen molar-refractivity contribution in [3.05, 3.63) is 35.1 Å². The Labute approximate surface area is 149 Å². The molecule has 0 N–H and O–H groups in total. The van der Waals surface area contributed by atoms with Crippen LogP contribution in [0.25, 0.3) is 5.69 Å². The minimum Gasteiger partial charge on any atom is -0.326 e. The third kappa shape index (κ3) is 3.71. The quantitative estimate of drug-likeness (QED) is 0.584. The lowest BCUT2D eigenvalue weighted by atomic mass is 10.2. The summed E-state index contributed by atoms with van der Waals surface area (Å²) in [6, 6.07) is 8.00. The van der Waals surface area contributed by atoms with E-state index in [9.17, 15) is 4.79 Å². The summed E-state index contributed by atoms with van der Waals surface area (Å²) in [7, 11) is 0. The van der Waals surface area contributed by atoms with Gasteiger partial charge >= 0.3 is 0 Å². The van der Waals surface area contributed by atoms with Gasteiger partial charge in [0.05, 0.1) is 17.5 Å². The number of rotatable bonds is 6. The van der Waals surface area contributed by atoms with Gasteiger partial charge in [-0.2, -0.15) is 5.26 Å². The van der Waals surface area contributed by atoms with Crippen LogP contribution >= 0.6 is 23.4 Å². The van der Waals surface area contributed by atoms with Crippen molar-refractivity contribution in [1.29, 1.82) is 5.26 Å². The van der Waals surface area contributed by atoms with Crippen LogP contribution in [-0.4, -0.2) is 43.9 Å². The molecular formula is C16H16ClN5OS. The molecule has 1 aromatic carbocycles. The number of thioether (sulfide) groups is 1. The highest BCUT2D eigenvalue weighted by molar-refractivity contribution is 7.99. The Bertz CT molecular complexity index is 796. The number of nitrogens with zero attached hydrogens (tertiary/aromatic N) is 5. The number of amides is 1. The van der Waals surface area contributed by atoms with Gasteiger partial charge in [-0.1, -0.05) is 29.4 Å². The molecule has 1 aromatic heterocycles. The van der Waals surface area contributed by atoms with Crippen LogP contribution in [0.15, 0.2) is 29.7 Å². The maximum absolute atomic E-state index is 12.3. The number of hydrogen-bond acceptors (Lipinski definition) is 5. The van der Waals surface area contributed by atoms with Crippen LogP contribution in [0.5, 0.6) is 0 Å². The summed E-state index contributed by atoms with van der Waals surface area (Å²) in [6.07, 6.45) is 3.56. The summed E-state index contributed by atoms with van der Waals surface area (Å²) >= 11 is 7.49. The summed E-state index contributed by atoms with van der Waals surface area (Å²) in [5, 5.41) is 18.2. The van der Waals surface area contributed by atoms with E-state index in [1.807, 2.05) is 25.1 Å². The molecule has 3 rings (SSSR count).